The molecule has 0 aromatic carbocycles. The van der Waals surface area contributed by atoms with E-state index in [2.05, 4.69) is 52.5 Å². The molecule has 0 saturated carbocycles. The first-order valence-electron chi connectivity index (χ1n) is 2.79. The van der Waals surface area contributed by atoms with Crippen molar-refractivity contribution in [3.63, 3.8) is 0 Å². The third-order valence-corrected chi connectivity index (χ3v) is 0.809. The molecule has 0 atom stereocenters. The SMILES string of the molecule is CNCCN(C)C.[Br][Cu][Br]. The molecule has 0 aliphatic rings. The van der Waals surface area contributed by atoms with Crippen LogP contribution in [0.25, 0.3) is 0 Å². The molecule has 5 heteroatoms. The predicted molar refractivity (Wildman–Crippen MR) is 50.3 cm³/mol. The molecule has 10 heavy (non-hydrogen) atoms. The third-order valence-electron chi connectivity index (χ3n) is 0.809. The number of rotatable bonds is 3. The van der Waals surface area contributed by atoms with Crippen LogP contribution in [-0.4, -0.2) is 39.1 Å². The van der Waals surface area contributed by atoms with Gasteiger partial charge in [0.25, 0.3) is 0 Å². The van der Waals surface area contributed by atoms with Crippen molar-refractivity contribution in [2.45, 2.75) is 0 Å². The van der Waals surface area contributed by atoms with Gasteiger partial charge in [0.1, 0.15) is 0 Å². The number of likely N-dealkylation sites (N-methyl/N-ethyl adjacent to an activating group) is 2. The van der Waals surface area contributed by atoms with E-state index in [9.17, 15) is 0 Å². The van der Waals surface area contributed by atoms with Crippen LogP contribution in [0.5, 0.6) is 0 Å². The van der Waals surface area contributed by atoms with Gasteiger partial charge in [-0.1, -0.05) is 0 Å². The van der Waals surface area contributed by atoms with E-state index < -0.39 is 0 Å². The molecular weight excluding hydrogens is 311 g/mol. The molecule has 0 saturated heterocycles. The molecule has 0 aliphatic carbocycles. The van der Waals surface area contributed by atoms with Crippen molar-refractivity contribution < 1.29 is 11.3 Å². The zero-order valence-electron chi connectivity index (χ0n) is 6.42. The molecule has 0 heterocycles. The van der Waals surface area contributed by atoms with Crippen LogP contribution in [0.1, 0.15) is 0 Å². The average molecular weight is 326 g/mol. The van der Waals surface area contributed by atoms with E-state index >= 15 is 0 Å². The normalized spacial score (nSPS) is 9.40. The van der Waals surface area contributed by atoms with E-state index in [1.54, 1.807) is 0 Å². The van der Waals surface area contributed by atoms with E-state index in [-0.39, 0.29) is 0 Å². The van der Waals surface area contributed by atoms with Gasteiger partial charge in [0.15, 0.2) is 0 Å². The average Bonchev–Trinajstić information content (AvgIpc) is 1.85. The molecule has 0 radical (unpaired) electrons. The molecule has 0 unspecified atom stereocenters. The van der Waals surface area contributed by atoms with Gasteiger partial charge in [-0.15, -0.1) is 0 Å². The minimum atomic E-state index is 1.08. The Morgan fingerprint density at radius 1 is 1.40 bits per heavy atom. The summed E-state index contributed by atoms with van der Waals surface area (Å²) in [5.74, 6) is 0. The van der Waals surface area contributed by atoms with Crippen LogP contribution in [0.4, 0.5) is 0 Å². The second-order valence-corrected chi connectivity index (χ2v) is 6.70. The summed E-state index contributed by atoms with van der Waals surface area (Å²) in [4.78, 5) is 2.15. The molecular formula is C5H14Br2CuN2. The molecule has 0 rings (SSSR count). The third kappa shape index (κ3) is 22.7. The standard InChI is InChI=1S/C5H14N2.2BrH.Cu/c1-6-4-5-7(2)3;;;/h6H,4-5H2,1-3H3;2*1H;/q;;;+2/p-2. The van der Waals surface area contributed by atoms with Crippen LogP contribution >= 0.6 is 28.2 Å². The molecule has 1 N–H and O–H groups in total. The van der Waals surface area contributed by atoms with Gasteiger partial charge in [-0.25, -0.2) is 0 Å². The van der Waals surface area contributed by atoms with Crippen molar-refractivity contribution in [2.75, 3.05) is 34.2 Å². The predicted octanol–water partition coefficient (Wildman–Crippen LogP) is 1.46. The first kappa shape index (κ1) is 14.0. The Hall–Kier alpha value is 1.40. The number of hydrogen-bond acceptors (Lipinski definition) is 2. The van der Waals surface area contributed by atoms with E-state index in [1.165, 1.54) is 11.3 Å². The number of nitrogens with zero attached hydrogens (tertiary/aromatic N) is 1. The van der Waals surface area contributed by atoms with Crippen LogP contribution in [0, 0.1) is 0 Å². The summed E-state index contributed by atoms with van der Waals surface area (Å²) in [6.07, 6.45) is 0. The van der Waals surface area contributed by atoms with Crippen molar-refractivity contribution in [1.29, 1.82) is 0 Å². The van der Waals surface area contributed by atoms with Crippen molar-refractivity contribution in [2.24, 2.45) is 0 Å². The van der Waals surface area contributed by atoms with Crippen molar-refractivity contribution in [3.8, 4) is 0 Å². The maximum atomic E-state index is 3.06. The minimum absolute atomic E-state index is 1.08. The Bertz CT molecular complexity index is 54.9. The van der Waals surface area contributed by atoms with Gasteiger partial charge < -0.3 is 10.2 Å². The molecule has 0 aliphatic heterocycles. The van der Waals surface area contributed by atoms with Gasteiger partial charge in [0, 0.05) is 13.1 Å². The zero-order valence-corrected chi connectivity index (χ0v) is 10.5. The molecule has 2 nitrogen and oxygen atoms in total. The number of hydrogen-bond donors (Lipinski definition) is 1. The second kappa shape index (κ2) is 13.0. The molecule has 0 amide bonds. The molecule has 0 aromatic rings. The molecule has 0 spiro atoms. The Morgan fingerprint density at radius 2 is 1.80 bits per heavy atom. The van der Waals surface area contributed by atoms with Crippen molar-refractivity contribution in [1.82, 2.24) is 10.2 Å². The fraction of sp³-hybridized carbons (Fsp3) is 1.00. The van der Waals surface area contributed by atoms with Gasteiger partial charge in [0.2, 0.25) is 0 Å². The van der Waals surface area contributed by atoms with Gasteiger partial charge >= 0.3 is 39.6 Å². The van der Waals surface area contributed by atoms with E-state index in [0.29, 0.717) is 0 Å². The molecule has 0 bridgehead atoms. The van der Waals surface area contributed by atoms with Crippen molar-refractivity contribution >= 4 is 28.2 Å². The van der Waals surface area contributed by atoms with Gasteiger partial charge in [0.05, 0.1) is 0 Å². The summed E-state index contributed by atoms with van der Waals surface area (Å²) < 4.78 is 0. The number of halogens is 2. The Balaban J connectivity index is 0. The second-order valence-electron chi connectivity index (χ2n) is 1.95. The first-order chi connectivity index (χ1) is 4.68. The zero-order chi connectivity index (χ0) is 8.41. The van der Waals surface area contributed by atoms with Crippen molar-refractivity contribution in [3.05, 3.63) is 0 Å². The topological polar surface area (TPSA) is 15.3 Å². The van der Waals surface area contributed by atoms with E-state index in [1.807, 2.05) is 7.05 Å². The van der Waals surface area contributed by atoms with Crippen LogP contribution in [0.15, 0.2) is 0 Å². The fourth-order valence-electron chi connectivity index (χ4n) is 0.335. The summed E-state index contributed by atoms with van der Waals surface area (Å²) >= 11 is 7.38. The summed E-state index contributed by atoms with van der Waals surface area (Å²) in [6, 6.07) is 0. The van der Waals surface area contributed by atoms with Crippen LogP contribution < -0.4 is 5.32 Å². The Kier molecular flexibility index (Phi) is 18.2. The first-order valence-corrected chi connectivity index (χ1v) is 7.45. The van der Waals surface area contributed by atoms with Crippen LogP contribution in [0.2, 0.25) is 0 Å². The van der Waals surface area contributed by atoms with Gasteiger partial charge in [-0.05, 0) is 21.1 Å². The fourth-order valence-corrected chi connectivity index (χ4v) is 0.335. The summed E-state index contributed by atoms with van der Waals surface area (Å²) in [7, 11) is 6.10. The number of nitrogens with one attached hydrogen (secondary N) is 1. The van der Waals surface area contributed by atoms with Gasteiger partial charge in [-0.3, -0.25) is 0 Å². The van der Waals surface area contributed by atoms with E-state index in [4.69, 9.17) is 0 Å². The Labute approximate surface area is 83.7 Å². The molecule has 0 aromatic heterocycles. The monoisotopic (exact) mass is 323 g/mol. The molecule has 69 valence electrons. The Morgan fingerprint density at radius 3 is 1.90 bits per heavy atom. The van der Waals surface area contributed by atoms with E-state index in [0.717, 1.165) is 13.1 Å². The summed E-state index contributed by atoms with van der Waals surface area (Å²) in [5.41, 5.74) is 0. The quantitative estimate of drug-likeness (QED) is 0.790. The summed E-state index contributed by atoms with van der Waals surface area (Å²) in [5, 5.41) is 3.06. The maximum absolute atomic E-state index is 3.06. The molecule has 0 fully saturated rings. The van der Waals surface area contributed by atoms with Gasteiger partial charge in [-0.2, -0.15) is 0 Å². The van der Waals surface area contributed by atoms with Crippen LogP contribution in [0.3, 0.4) is 0 Å². The summed E-state index contributed by atoms with van der Waals surface area (Å²) in [6.45, 7) is 2.20. The van der Waals surface area contributed by atoms with Crippen LogP contribution in [-0.2, 0) is 11.3 Å².